The Morgan fingerprint density at radius 1 is 1.05 bits per heavy atom. The van der Waals surface area contributed by atoms with E-state index in [0.717, 1.165) is 11.4 Å². The predicted molar refractivity (Wildman–Crippen MR) is 84.8 cm³/mol. The summed E-state index contributed by atoms with van der Waals surface area (Å²) >= 11 is 0. The third kappa shape index (κ3) is 3.31. The molecule has 0 amide bonds. The number of ether oxygens (including phenoxy) is 1. The minimum Gasteiger partial charge on any atom is -0.497 e. The highest BCUT2D eigenvalue weighted by Crippen LogP contribution is 2.25. The van der Waals surface area contributed by atoms with E-state index in [1.165, 1.54) is 0 Å². The fraction of sp³-hybridized carbons (Fsp3) is 0.357. The second-order valence-corrected chi connectivity index (χ2v) is 4.66. The Bertz CT molecular complexity index is 616. The molecule has 112 valence electrons. The van der Waals surface area contributed by atoms with Crippen LogP contribution < -0.4 is 19.9 Å². The highest BCUT2D eigenvalue weighted by molar-refractivity contribution is 5.60. The molecule has 0 aliphatic carbocycles. The summed E-state index contributed by atoms with van der Waals surface area (Å²) in [6.45, 7) is 0. The van der Waals surface area contributed by atoms with E-state index in [4.69, 9.17) is 4.74 Å². The van der Waals surface area contributed by atoms with Crippen molar-refractivity contribution in [3.05, 3.63) is 24.3 Å². The van der Waals surface area contributed by atoms with E-state index in [2.05, 4.69) is 20.3 Å². The summed E-state index contributed by atoms with van der Waals surface area (Å²) in [4.78, 5) is 16.9. The number of hydrogen-bond donors (Lipinski definition) is 1. The molecule has 1 heterocycles. The molecule has 0 saturated carbocycles. The van der Waals surface area contributed by atoms with Gasteiger partial charge in [-0.25, -0.2) is 0 Å². The van der Waals surface area contributed by atoms with Crippen LogP contribution in [0.15, 0.2) is 24.3 Å². The van der Waals surface area contributed by atoms with Gasteiger partial charge in [-0.05, 0) is 12.1 Å². The normalized spacial score (nSPS) is 10.1. The summed E-state index contributed by atoms with van der Waals surface area (Å²) in [5, 5.41) is 2.95. The molecule has 2 rings (SSSR count). The predicted octanol–water partition coefficient (Wildman–Crippen LogP) is 1.76. The quantitative estimate of drug-likeness (QED) is 0.899. The molecule has 0 saturated heterocycles. The first kappa shape index (κ1) is 14.8. The van der Waals surface area contributed by atoms with Crippen LogP contribution in [-0.2, 0) is 0 Å². The number of benzene rings is 1. The van der Waals surface area contributed by atoms with Crippen molar-refractivity contribution in [2.45, 2.75) is 0 Å². The number of anilines is 4. The van der Waals surface area contributed by atoms with Gasteiger partial charge in [-0.15, -0.1) is 0 Å². The maximum Gasteiger partial charge on any atom is 0.236 e. The maximum absolute atomic E-state index is 5.25. The zero-order valence-corrected chi connectivity index (χ0v) is 13.0. The van der Waals surface area contributed by atoms with Gasteiger partial charge in [-0.3, -0.25) is 0 Å². The van der Waals surface area contributed by atoms with Crippen LogP contribution in [0.25, 0.3) is 0 Å². The molecule has 0 fully saturated rings. The number of aromatic nitrogens is 3. The molecule has 0 unspecified atom stereocenters. The van der Waals surface area contributed by atoms with E-state index >= 15 is 0 Å². The Hall–Kier alpha value is -2.57. The van der Waals surface area contributed by atoms with Crippen molar-refractivity contribution in [1.82, 2.24) is 15.0 Å². The number of nitrogens with zero attached hydrogens (tertiary/aromatic N) is 5. The third-order valence-electron chi connectivity index (χ3n) is 2.98. The van der Waals surface area contributed by atoms with Crippen molar-refractivity contribution < 1.29 is 4.74 Å². The van der Waals surface area contributed by atoms with E-state index in [0.29, 0.717) is 17.8 Å². The summed E-state index contributed by atoms with van der Waals surface area (Å²) in [7, 11) is 9.12. The van der Waals surface area contributed by atoms with Gasteiger partial charge >= 0.3 is 0 Å². The maximum atomic E-state index is 5.25. The van der Waals surface area contributed by atoms with Crippen molar-refractivity contribution in [3.63, 3.8) is 0 Å². The van der Waals surface area contributed by atoms with Gasteiger partial charge in [0.25, 0.3) is 0 Å². The Morgan fingerprint density at radius 3 is 2.38 bits per heavy atom. The van der Waals surface area contributed by atoms with Gasteiger partial charge in [0.2, 0.25) is 17.8 Å². The molecule has 7 nitrogen and oxygen atoms in total. The number of methoxy groups -OCH3 is 1. The molecular formula is C14H20N6O. The first-order valence-corrected chi connectivity index (χ1v) is 6.54. The highest BCUT2D eigenvalue weighted by atomic mass is 16.5. The van der Waals surface area contributed by atoms with E-state index in [-0.39, 0.29) is 0 Å². The van der Waals surface area contributed by atoms with Crippen LogP contribution in [0.1, 0.15) is 0 Å². The molecule has 0 aliphatic rings. The van der Waals surface area contributed by atoms with Gasteiger partial charge in [0, 0.05) is 39.9 Å². The first-order chi connectivity index (χ1) is 10.0. The molecule has 1 N–H and O–H groups in total. The largest absolute Gasteiger partial charge is 0.497 e. The Balaban J connectivity index is 2.41. The summed E-state index contributed by atoms with van der Waals surface area (Å²) in [6.07, 6.45) is 0. The SMILES string of the molecule is CNc1nc(N(C)C)nc(N(C)c2cccc(OC)c2)n1. The van der Waals surface area contributed by atoms with Crippen molar-refractivity contribution in [1.29, 1.82) is 0 Å². The summed E-state index contributed by atoms with van der Waals surface area (Å²) in [5.41, 5.74) is 0.937. The fourth-order valence-corrected chi connectivity index (χ4v) is 1.75. The number of nitrogens with one attached hydrogen (secondary N) is 1. The molecule has 1 aromatic carbocycles. The first-order valence-electron chi connectivity index (χ1n) is 6.54. The molecule has 2 aromatic rings. The van der Waals surface area contributed by atoms with Crippen LogP contribution in [0, 0.1) is 0 Å². The van der Waals surface area contributed by atoms with Crippen molar-refractivity contribution in [3.8, 4) is 5.75 Å². The smallest absolute Gasteiger partial charge is 0.236 e. The van der Waals surface area contributed by atoms with Crippen molar-refractivity contribution >= 4 is 23.5 Å². The topological polar surface area (TPSA) is 66.4 Å². The minimum atomic E-state index is 0.526. The second-order valence-electron chi connectivity index (χ2n) is 4.66. The molecule has 0 bridgehead atoms. The third-order valence-corrected chi connectivity index (χ3v) is 2.98. The Labute approximate surface area is 124 Å². The highest BCUT2D eigenvalue weighted by Gasteiger charge is 2.13. The summed E-state index contributed by atoms with van der Waals surface area (Å²) < 4.78 is 5.25. The monoisotopic (exact) mass is 288 g/mol. The van der Waals surface area contributed by atoms with E-state index in [9.17, 15) is 0 Å². The molecule has 0 aliphatic heterocycles. The average molecular weight is 288 g/mol. The van der Waals surface area contributed by atoms with Gasteiger partial charge in [-0.2, -0.15) is 15.0 Å². The lowest BCUT2D eigenvalue weighted by Crippen LogP contribution is -2.19. The Morgan fingerprint density at radius 2 is 1.76 bits per heavy atom. The molecule has 21 heavy (non-hydrogen) atoms. The van der Waals surface area contributed by atoms with E-state index in [1.54, 1.807) is 14.2 Å². The molecule has 0 atom stereocenters. The van der Waals surface area contributed by atoms with E-state index in [1.807, 2.05) is 55.2 Å². The van der Waals surface area contributed by atoms with Crippen LogP contribution in [0.4, 0.5) is 23.5 Å². The zero-order chi connectivity index (χ0) is 15.4. The second kappa shape index (κ2) is 6.25. The van der Waals surface area contributed by atoms with Gasteiger partial charge < -0.3 is 19.9 Å². The molecule has 0 radical (unpaired) electrons. The van der Waals surface area contributed by atoms with Crippen LogP contribution in [0.3, 0.4) is 0 Å². The summed E-state index contributed by atoms with van der Waals surface area (Å²) in [6, 6.07) is 7.73. The standard InChI is InChI=1S/C14H20N6O/c1-15-12-16-13(19(2)3)18-14(17-12)20(4)10-7-6-8-11(9-10)21-5/h6-9H,1-5H3,(H,15,16,17,18). The van der Waals surface area contributed by atoms with Crippen LogP contribution >= 0.6 is 0 Å². The van der Waals surface area contributed by atoms with Gasteiger partial charge in [-0.1, -0.05) is 6.07 Å². The fourth-order valence-electron chi connectivity index (χ4n) is 1.75. The number of rotatable bonds is 5. The van der Waals surface area contributed by atoms with Gasteiger partial charge in [0.05, 0.1) is 7.11 Å². The van der Waals surface area contributed by atoms with Gasteiger partial charge in [0.1, 0.15) is 5.75 Å². The van der Waals surface area contributed by atoms with E-state index < -0.39 is 0 Å². The molecule has 0 spiro atoms. The van der Waals surface area contributed by atoms with Crippen LogP contribution in [0.5, 0.6) is 5.75 Å². The van der Waals surface area contributed by atoms with Gasteiger partial charge in [0.15, 0.2) is 0 Å². The molecule has 7 heteroatoms. The summed E-state index contributed by atoms with van der Waals surface area (Å²) in [5.74, 6) is 2.47. The van der Waals surface area contributed by atoms with Crippen LogP contribution in [-0.4, -0.2) is 50.3 Å². The lowest BCUT2D eigenvalue weighted by molar-refractivity contribution is 0.415. The van der Waals surface area contributed by atoms with Crippen molar-refractivity contribution in [2.24, 2.45) is 0 Å². The lowest BCUT2D eigenvalue weighted by atomic mass is 10.3. The van der Waals surface area contributed by atoms with Crippen molar-refractivity contribution in [2.75, 3.05) is 50.4 Å². The molecular weight excluding hydrogens is 268 g/mol. The average Bonchev–Trinajstić information content (AvgIpc) is 2.53. The molecule has 1 aromatic heterocycles. The number of hydrogen-bond acceptors (Lipinski definition) is 7. The minimum absolute atomic E-state index is 0.526. The zero-order valence-electron chi connectivity index (χ0n) is 13.0. The Kier molecular flexibility index (Phi) is 4.42. The van der Waals surface area contributed by atoms with Crippen LogP contribution in [0.2, 0.25) is 0 Å². The lowest BCUT2D eigenvalue weighted by Gasteiger charge is -2.20.